The second kappa shape index (κ2) is 9.47. The van der Waals surface area contributed by atoms with Gasteiger partial charge < -0.3 is 20.7 Å². The summed E-state index contributed by atoms with van der Waals surface area (Å²) in [5, 5.41) is 3.27. The maximum absolute atomic E-state index is 11.1. The third-order valence-electron chi connectivity index (χ3n) is 5.95. The smallest absolute Gasteiger partial charge is 0.222 e. The maximum Gasteiger partial charge on any atom is 0.222 e. The largest absolute Gasteiger partial charge is 0.488 e. The van der Waals surface area contributed by atoms with Gasteiger partial charge in [0.2, 0.25) is 11.9 Å². The molecule has 164 valence electrons. The summed E-state index contributed by atoms with van der Waals surface area (Å²) in [4.78, 5) is 22.9. The molecule has 0 spiro atoms. The number of ether oxygens (including phenoxy) is 1. The van der Waals surface area contributed by atoms with Crippen molar-refractivity contribution in [1.29, 1.82) is 0 Å². The maximum atomic E-state index is 11.1. The number of carbonyl (C=O) groups excluding carboxylic acids is 1. The molecule has 1 aliphatic carbocycles. The minimum atomic E-state index is -0.339. The zero-order chi connectivity index (χ0) is 21.8. The van der Waals surface area contributed by atoms with Crippen LogP contribution in [0.3, 0.4) is 0 Å². The Labute approximate surface area is 183 Å². The summed E-state index contributed by atoms with van der Waals surface area (Å²) in [7, 11) is 0. The third kappa shape index (κ3) is 5.41. The summed E-state index contributed by atoms with van der Waals surface area (Å²) in [6, 6.07) is 8.16. The lowest BCUT2D eigenvalue weighted by atomic mass is 9.95. The van der Waals surface area contributed by atoms with Crippen LogP contribution in [0.15, 0.2) is 58.2 Å². The quantitative estimate of drug-likeness (QED) is 0.739. The molecule has 0 radical (unpaired) electrons. The highest BCUT2D eigenvalue weighted by molar-refractivity contribution is 6.12. The molecule has 2 heterocycles. The molecule has 7 heteroatoms. The van der Waals surface area contributed by atoms with E-state index < -0.39 is 0 Å². The summed E-state index contributed by atoms with van der Waals surface area (Å²) in [5.74, 6) is 1.25. The third-order valence-corrected chi connectivity index (χ3v) is 5.95. The van der Waals surface area contributed by atoms with E-state index in [0.717, 1.165) is 48.7 Å². The number of amides is 1. The second-order valence-electron chi connectivity index (χ2n) is 8.60. The molecule has 1 fully saturated rings. The minimum absolute atomic E-state index is 0.152. The lowest BCUT2D eigenvalue weighted by Gasteiger charge is -2.35. The minimum Gasteiger partial charge on any atom is -0.488 e. The number of nitrogens with one attached hydrogen (secondary N) is 1. The first-order valence-corrected chi connectivity index (χ1v) is 11.0. The highest BCUT2D eigenvalue weighted by atomic mass is 16.5. The zero-order valence-corrected chi connectivity index (χ0v) is 18.3. The molecule has 1 atom stereocenters. The van der Waals surface area contributed by atoms with Gasteiger partial charge in [0.15, 0.2) is 0 Å². The van der Waals surface area contributed by atoms with Gasteiger partial charge in [-0.15, -0.1) is 0 Å². The number of primary amides is 1. The van der Waals surface area contributed by atoms with Crippen LogP contribution >= 0.6 is 0 Å². The molecule has 1 aromatic carbocycles. The normalized spacial score (nSPS) is 21.8. The van der Waals surface area contributed by atoms with Crippen molar-refractivity contribution in [3.63, 3.8) is 0 Å². The Morgan fingerprint density at radius 1 is 1.26 bits per heavy atom. The molecule has 2 aliphatic heterocycles. The molecule has 4 rings (SSSR count). The molecule has 3 N–H and O–H groups in total. The monoisotopic (exact) mass is 421 g/mol. The first-order valence-electron chi connectivity index (χ1n) is 11.0. The Hall–Kier alpha value is -2.93. The van der Waals surface area contributed by atoms with Gasteiger partial charge in [-0.1, -0.05) is 24.3 Å². The predicted octanol–water partition coefficient (Wildman–Crippen LogP) is 2.90. The number of benzene rings is 1. The molecular formula is C24H31N5O2. The highest BCUT2D eigenvalue weighted by Gasteiger charge is 2.29. The number of aliphatic imine (C=N–C) groups is 2. The average molecular weight is 422 g/mol. The van der Waals surface area contributed by atoms with Crippen LogP contribution < -0.4 is 11.1 Å². The van der Waals surface area contributed by atoms with Crippen LogP contribution in [-0.4, -0.2) is 54.3 Å². The van der Waals surface area contributed by atoms with E-state index in [-0.39, 0.29) is 24.3 Å². The molecule has 3 aliphatic rings. The van der Waals surface area contributed by atoms with E-state index in [1.807, 2.05) is 36.4 Å². The van der Waals surface area contributed by atoms with Crippen LogP contribution in [0.5, 0.6) is 0 Å². The molecule has 0 bridgehead atoms. The number of nitrogens with zero attached hydrogens (tertiary/aromatic N) is 3. The fraction of sp³-hybridized carbons (Fsp3) is 0.458. The average Bonchev–Trinajstić information content (AvgIpc) is 2.75. The molecule has 1 aromatic rings. The van der Waals surface area contributed by atoms with E-state index in [1.54, 1.807) is 0 Å². The second-order valence-corrected chi connectivity index (χ2v) is 8.60. The van der Waals surface area contributed by atoms with E-state index in [9.17, 15) is 4.79 Å². The summed E-state index contributed by atoms with van der Waals surface area (Å²) >= 11 is 0. The van der Waals surface area contributed by atoms with Crippen molar-refractivity contribution < 1.29 is 9.53 Å². The molecule has 7 nitrogen and oxygen atoms in total. The van der Waals surface area contributed by atoms with Gasteiger partial charge in [-0.05, 0) is 50.5 Å². The van der Waals surface area contributed by atoms with Crippen LogP contribution in [0.4, 0.5) is 5.69 Å². The molecular weight excluding hydrogens is 390 g/mol. The van der Waals surface area contributed by atoms with Gasteiger partial charge in [0.1, 0.15) is 11.9 Å². The zero-order valence-electron chi connectivity index (χ0n) is 18.3. The summed E-state index contributed by atoms with van der Waals surface area (Å²) in [6.45, 7) is 7.28. The molecule has 1 amide bonds. The Balaban J connectivity index is 1.40. The van der Waals surface area contributed by atoms with Crippen molar-refractivity contribution in [3.8, 4) is 0 Å². The van der Waals surface area contributed by atoms with E-state index in [0.29, 0.717) is 18.5 Å². The van der Waals surface area contributed by atoms with Gasteiger partial charge in [-0.2, -0.15) is 0 Å². The van der Waals surface area contributed by atoms with Crippen molar-refractivity contribution in [3.05, 3.63) is 53.8 Å². The van der Waals surface area contributed by atoms with Gasteiger partial charge in [0.25, 0.3) is 0 Å². The van der Waals surface area contributed by atoms with Gasteiger partial charge >= 0.3 is 0 Å². The standard InChI is InChI=1S/C24H31N5O2/c1-16(2)29-12-10-20(11-13-29)31-21-5-3-4-18-15-26-24(28-23(18)21)27-19-8-6-17(7-9-19)14-22(25)30/h3-9,16,18,20H,10-15H2,1-2H3,(H2,25,30)(H,26,27). The number of rotatable bonds is 6. The Bertz CT molecular complexity index is 922. The lowest BCUT2D eigenvalue weighted by Crippen LogP contribution is -2.41. The molecule has 0 saturated carbocycles. The number of carbonyl (C=O) groups is 1. The molecule has 31 heavy (non-hydrogen) atoms. The number of piperidine rings is 1. The van der Waals surface area contributed by atoms with Gasteiger partial charge in [-0.25, -0.2) is 4.99 Å². The predicted molar refractivity (Wildman–Crippen MR) is 124 cm³/mol. The molecule has 1 saturated heterocycles. The summed E-state index contributed by atoms with van der Waals surface area (Å²) < 4.78 is 6.41. The topological polar surface area (TPSA) is 92.3 Å². The van der Waals surface area contributed by atoms with Crippen molar-refractivity contribution in [2.45, 2.75) is 45.3 Å². The highest BCUT2D eigenvalue weighted by Crippen LogP contribution is 2.26. The van der Waals surface area contributed by atoms with Crippen LogP contribution in [0.1, 0.15) is 32.3 Å². The van der Waals surface area contributed by atoms with Crippen molar-refractivity contribution in [2.24, 2.45) is 21.6 Å². The van der Waals surface area contributed by atoms with Crippen LogP contribution in [-0.2, 0) is 16.0 Å². The van der Waals surface area contributed by atoms with Crippen molar-refractivity contribution >= 4 is 23.3 Å². The SMILES string of the molecule is CC(C)N1CCC(OC2=CC=CC3CN=C(Nc4ccc(CC(N)=O)cc4)N=C23)CC1. The number of fused-ring (bicyclic) bond motifs is 1. The van der Waals surface area contributed by atoms with Crippen LogP contribution in [0.25, 0.3) is 0 Å². The Morgan fingerprint density at radius 2 is 2.00 bits per heavy atom. The number of allylic oxidation sites excluding steroid dienone is 3. The number of hydrogen-bond acceptors (Lipinski definition) is 6. The first-order chi connectivity index (χ1) is 15.0. The molecule has 0 aromatic heterocycles. The van der Waals surface area contributed by atoms with Crippen LogP contribution in [0.2, 0.25) is 0 Å². The fourth-order valence-corrected chi connectivity index (χ4v) is 4.15. The summed E-state index contributed by atoms with van der Waals surface area (Å²) in [5.41, 5.74) is 7.95. The number of anilines is 1. The summed E-state index contributed by atoms with van der Waals surface area (Å²) in [6.07, 6.45) is 8.73. The Morgan fingerprint density at radius 3 is 2.68 bits per heavy atom. The van der Waals surface area contributed by atoms with Gasteiger partial charge in [-0.3, -0.25) is 9.79 Å². The van der Waals surface area contributed by atoms with Gasteiger partial charge in [0.05, 0.1) is 18.7 Å². The van der Waals surface area contributed by atoms with E-state index in [2.05, 4.69) is 35.1 Å². The van der Waals surface area contributed by atoms with Gasteiger partial charge in [0, 0.05) is 30.7 Å². The first kappa shape index (κ1) is 21.3. The Kier molecular flexibility index (Phi) is 6.51. The van der Waals surface area contributed by atoms with E-state index >= 15 is 0 Å². The van der Waals surface area contributed by atoms with E-state index in [4.69, 9.17) is 15.5 Å². The number of likely N-dealkylation sites (tertiary alicyclic amines) is 1. The van der Waals surface area contributed by atoms with E-state index in [1.165, 1.54) is 0 Å². The van der Waals surface area contributed by atoms with Crippen LogP contribution in [0, 0.1) is 5.92 Å². The molecule has 1 unspecified atom stereocenters. The number of nitrogens with two attached hydrogens (primary N) is 1. The lowest BCUT2D eigenvalue weighted by molar-refractivity contribution is -0.117. The fourth-order valence-electron chi connectivity index (χ4n) is 4.15. The number of guanidine groups is 1. The number of hydrogen-bond donors (Lipinski definition) is 2. The van der Waals surface area contributed by atoms with Crippen molar-refractivity contribution in [1.82, 2.24) is 4.90 Å². The van der Waals surface area contributed by atoms with Crippen molar-refractivity contribution in [2.75, 3.05) is 25.0 Å².